The van der Waals surface area contributed by atoms with E-state index in [0.29, 0.717) is 6.54 Å². The maximum absolute atomic E-state index is 8.83. The lowest BCUT2D eigenvalue weighted by Crippen LogP contribution is -2.01. The van der Waals surface area contributed by atoms with Gasteiger partial charge in [0.25, 0.3) is 0 Å². The number of aliphatic hydroxyl groups excluding tert-OH is 1. The van der Waals surface area contributed by atoms with Gasteiger partial charge in [-0.25, -0.2) is 4.68 Å². The number of fused-ring (bicyclic) bond motifs is 1. The molecule has 102 valence electrons. The van der Waals surface area contributed by atoms with Gasteiger partial charge >= 0.3 is 0 Å². The van der Waals surface area contributed by atoms with E-state index >= 15 is 0 Å². The highest BCUT2D eigenvalue weighted by molar-refractivity contribution is 5.85. The zero-order chi connectivity index (χ0) is 13.8. The normalized spacial score (nSPS) is 11.1. The van der Waals surface area contributed by atoms with Gasteiger partial charge in [-0.2, -0.15) is 0 Å². The Morgan fingerprint density at radius 3 is 2.80 bits per heavy atom. The number of hydrogen-bond donors (Lipinski definition) is 1. The van der Waals surface area contributed by atoms with Crippen molar-refractivity contribution in [3.05, 3.63) is 59.9 Å². The molecule has 0 fully saturated rings. The average Bonchev–Trinajstić information content (AvgIpc) is 2.93. The summed E-state index contributed by atoms with van der Waals surface area (Å²) in [5, 5.41) is 19.6. The van der Waals surface area contributed by atoms with Gasteiger partial charge in [-0.3, -0.25) is 0 Å². The van der Waals surface area contributed by atoms with Crippen LogP contribution in [0.5, 0.6) is 0 Å². The molecule has 3 aromatic rings. The van der Waals surface area contributed by atoms with Gasteiger partial charge in [0.05, 0.1) is 12.2 Å². The van der Waals surface area contributed by atoms with Crippen LogP contribution in [0.4, 0.5) is 0 Å². The average molecular weight is 267 g/mol. The molecule has 1 heterocycles. The van der Waals surface area contributed by atoms with E-state index in [1.165, 1.54) is 16.3 Å². The third-order valence-corrected chi connectivity index (χ3v) is 3.39. The SMILES string of the molecule is OCCCc1cn(Cc2cccc3ccccc23)nn1. The van der Waals surface area contributed by atoms with Crippen LogP contribution < -0.4 is 0 Å². The first-order chi connectivity index (χ1) is 9.86. The Balaban J connectivity index is 1.84. The van der Waals surface area contributed by atoms with Crippen molar-refractivity contribution in [2.45, 2.75) is 19.4 Å². The predicted octanol–water partition coefficient (Wildman–Crippen LogP) is 2.40. The maximum Gasteiger partial charge on any atom is 0.0828 e. The van der Waals surface area contributed by atoms with Crippen LogP contribution in [-0.4, -0.2) is 26.7 Å². The van der Waals surface area contributed by atoms with Crippen LogP contribution in [0.2, 0.25) is 0 Å². The van der Waals surface area contributed by atoms with Crippen LogP contribution in [0.15, 0.2) is 48.7 Å². The van der Waals surface area contributed by atoms with E-state index in [9.17, 15) is 0 Å². The van der Waals surface area contributed by atoms with Crippen molar-refractivity contribution in [3.8, 4) is 0 Å². The van der Waals surface area contributed by atoms with Crippen molar-refractivity contribution >= 4 is 10.8 Å². The molecule has 4 heteroatoms. The Labute approximate surface area is 117 Å². The molecule has 0 spiro atoms. The van der Waals surface area contributed by atoms with Crippen molar-refractivity contribution in [2.24, 2.45) is 0 Å². The molecule has 0 bridgehead atoms. The van der Waals surface area contributed by atoms with E-state index < -0.39 is 0 Å². The van der Waals surface area contributed by atoms with Crippen molar-refractivity contribution in [1.82, 2.24) is 15.0 Å². The number of aromatic nitrogens is 3. The summed E-state index contributed by atoms with van der Waals surface area (Å²) >= 11 is 0. The molecule has 1 aromatic heterocycles. The predicted molar refractivity (Wildman–Crippen MR) is 78.5 cm³/mol. The van der Waals surface area contributed by atoms with Crippen LogP contribution in [0, 0.1) is 0 Å². The molecule has 20 heavy (non-hydrogen) atoms. The molecule has 2 aromatic carbocycles. The zero-order valence-electron chi connectivity index (χ0n) is 11.2. The van der Waals surface area contributed by atoms with Gasteiger partial charge in [0.2, 0.25) is 0 Å². The summed E-state index contributed by atoms with van der Waals surface area (Å²) < 4.78 is 1.86. The molecule has 3 rings (SSSR count). The van der Waals surface area contributed by atoms with Gasteiger partial charge in [0.15, 0.2) is 0 Å². The Bertz CT molecular complexity index is 700. The maximum atomic E-state index is 8.83. The molecule has 0 unspecified atom stereocenters. The number of rotatable bonds is 5. The van der Waals surface area contributed by atoms with Crippen molar-refractivity contribution in [2.75, 3.05) is 6.61 Å². The second-order valence-corrected chi connectivity index (χ2v) is 4.87. The van der Waals surface area contributed by atoms with Crippen LogP contribution in [0.25, 0.3) is 10.8 Å². The van der Waals surface area contributed by atoms with Crippen LogP contribution in [-0.2, 0) is 13.0 Å². The summed E-state index contributed by atoms with van der Waals surface area (Å²) in [6.45, 7) is 0.906. The van der Waals surface area contributed by atoms with E-state index in [-0.39, 0.29) is 6.61 Å². The Kier molecular flexibility index (Phi) is 3.74. The fraction of sp³-hybridized carbons (Fsp3) is 0.250. The van der Waals surface area contributed by atoms with Crippen molar-refractivity contribution < 1.29 is 5.11 Å². The molecule has 0 atom stereocenters. The van der Waals surface area contributed by atoms with Gasteiger partial charge in [0.1, 0.15) is 0 Å². The van der Waals surface area contributed by atoms with E-state index in [1.807, 2.05) is 10.9 Å². The topological polar surface area (TPSA) is 50.9 Å². The monoisotopic (exact) mass is 267 g/mol. The number of aryl methyl sites for hydroxylation is 1. The van der Waals surface area contributed by atoms with Crippen LogP contribution in [0.3, 0.4) is 0 Å². The minimum absolute atomic E-state index is 0.191. The molecule has 0 radical (unpaired) electrons. The van der Waals surface area contributed by atoms with Crippen molar-refractivity contribution in [3.63, 3.8) is 0 Å². The number of aliphatic hydroxyl groups is 1. The molecule has 0 saturated carbocycles. The molecule has 0 aliphatic rings. The highest BCUT2D eigenvalue weighted by atomic mass is 16.2. The molecule has 4 nitrogen and oxygen atoms in total. The van der Waals surface area contributed by atoms with Crippen LogP contribution >= 0.6 is 0 Å². The summed E-state index contributed by atoms with van der Waals surface area (Å²) in [5.41, 5.74) is 2.17. The first kappa shape index (κ1) is 12.8. The second-order valence-electron chi connectivity index (χ2n) is 4.87. The third kappa shape index (κ3) is 2.70. The molecular formula is C16H17N3O. The zero-order valence-corrected chi connectivity index (χ0v) is 11.2. The highest BCUT2D eigenvalue weighted by Crippen LogP contribution is 2.19. The minimum Gasteiger partial charge on any atom is -0.396 e. The van der Waals surface area contributed by atoms with Gasteiger partial charge in [-0.05, 0) is 29.2 Å². The van der Waals surface area contributed by atoms with E-state index in [4.69, 9.17) is 5.11 Å². The minimum atomic E-state index is 0.191. The van der Waals surface area contributed by atoms with Gasteiger partial charge in [-0.1, -0.05) is 47.7 Å². The van der Waals surface area contributed by atoms with E-state index in [0.717, 1.165) is 18.5 Å². The Hall–Kier alpha value is -2.20. The summed E-state index contributed by atoms with van der Waals surface area (Å²) in [6.07, 6.45) is 3.45. The molecule has 0 aliphatic carbocycles. The largest absolute Gasteiger partial charge is 0.396 e. The standard InChI is InChI=1S/C16H17N3O/c20-10-4-8-15-12-19(18-17-15)11-14-7-3-6-13-5-1-2-9-16(13)14/h1-3,5-7,9,12,20H,4,8,10-11H2. The highest BCUT2D eigenvalue weighted by Gasteiger charge is 2.04. The number of benzene rings is 2. The lowest BCUT2D eigenvalue weighted by atomic mass is 10.0. The summed E-state index contributed by atoms with van der Waals surface area (Å²) in [4.78, 5) is 0. The summed E-state index contributed by atoms with van der Waals surface area (Å²) in [5.74, 6) is 0. The molecule has 0 amide bonds. The first-order valence-electron chi connectivity index (χ1n) is 6.83. The van der Waals surface area contributed by atoms with Gasteiger partial charge in [-0.15, -0.1) is 5.10 Å². The number of nitrogens with zero attached hydrogens (tertiary/aromatic N) is 3. The van der Waals surface area contributed by atoms with Gasteiger partial charge < -0.3 is 5.11 Å². The fourth-order valence-electron chi connectivity index (χ4n) is 2.40. The molecule has 0 aliphatic heterocycles. The molecular weight excluding hydrogens is 250 g/mol. The third-order valence-electron chi connectivity index (χ3n) is 3.39. The Morgan fingerprint density at radius 2 is 1.90 bits per heavy atom. The van der Waals surface area contributed by atoms with Gasteiger partial charge in [0, 0.05) is 12.8 Å². The second kappa shape index (κ2) is 5.84. The van der Waals surface area contributed by atoms with E-state index in [1.54, 1.807) is 0 Å². The quantitative estimate of drug-likeness (QED) is 0.772. The number of hydrogen-bond acceptors (Lipinski definition) is 3. The summed E-state index contributed by atoms with van der Waals surface area (Å²) in [6, 6.07) is 14.7. The summed E-state index contributed by atoms with van der Waals surface area (Å²) in [7, 11) is 0. The molecule has 1 N–H and O–H groups in total. The lowest BCUT2D eigenvalue weighted by Gasteiger charge is -2.05. The molecule has 0 saturated heterocycles. The van der Waals surface area contributed by atoms with E-state index in [2.05, 4.69) is 52.8 Å². The van der Waals surface area contributed by atoms with Crippen LogP contribution in [0.1, 0.15) is 17.7 Å². The fourth-order valence-corrected chi connectivity index (χ4v) is 2.40. The lowest BCUT2D eigenvalue weighted by molar-refractivity contribution is 0.288. The smallest absolute Gasteiger partial charge is 0.0828 e. The first-order valence-corrected chi connectivity index (χ1v) is 6.83. The van der Waals surface area contributed by atoms with Crippen molar-refractivity contribution in [1.29, 1.82) is 0 Å². The Morgan fingerprint density at radius 1 is 1.05 bits per heavy atom.